The van der Waals surface area contributed by atoms with Crippen LogP contribution in [0, 0.1) is 0 Å². The van der Waals surface area contributed by atoms with Crippen LogP contribution in [0.2, 0.25) is 0 Å². The van der Waals surface area contributed by atoms with E-state index in [1.165, 1.54) is 0 Å². The topological polar surface area (TPSA) is 27.7 Å². The molecule has 82 valence electrons. The lowest BCUT2D eigenvalue weighted by molar-refractivity contribution is 0.277. The fourth-order valence-electron chi connectivity index (χ4n) is 0.783. The third-order valence-electron chi connectivity index (χ3n) is 1.17. The second-order valence-electron chi connectivity index (χ2n) is 2.35. The van der Waals surface area contributed by atoms with Crippen molar-refractivity contribution in [2.24, 2.45) is 0 Å². The summed E-state index contributed by atoms with van der Waals surface area (Å²) in [6, 6.07) is 1.93. The van der Waals surface area contributed by atoms with Gasteiger partial charge in [-0.25, -0.2) is 0 Å². The van der Waals surface area contributed by atoms with Crippen LogP contribution in [0.3, 0.4) is 0 Å². The van der Waals surface area contributed by atoms with Crippen LogP contribution in [-0.2, 0) is 4.74 Å². The molecule has 1 rings (SSSR count). The van der Waals surface area contributed by atoms with Crippen molar-refractivity contribution in [3.05, 3.63) is 11.4 Å². The average molecular weight is 218 g/mol. The van der Waals surface area contributed by atoms with Crippen LogP contribution in [0.5, 0.6) is 10.8 Å². The predicted octanol–water partition coefficient (Wildman–Crippen LogP) is 2.81. The van der Waals surface area contributed by atoms with E-state index in [1.54, 1.807) is 25.6 Å². The Morgan fingerprint density at radius 2 is 1.71 bits per heavy atom. The zero-order valence-electron chi connectivity index (χ0n) is 9.20. The molecule has 0 aliphatic rings. The van der Waals surface area contributed by atoms with Crippen molar-refractivity contribution >= 4 is 11.3 Å². The van der Waals surface area contributed by atoms with E-state index in [4.69, 9.17) is 9.47 Å². The van der Waals surface area contributed by atoms with Crippen LogP contribution in [0.15, 0.2) is 11.4 Å². The molecule has 4 heteroatoms. The normalized spacial score (nSPS) is 8.86. The Morgan fingerprint density at radius 1 is 1.14 bits per heavy atom. The summed E-state index contributed by atoms with van der Waals surface area (Å²) in [5.74, 6) is 0.861. The van der Waals surface area contributed by atoms with Crippen molar-refractivity contribution in [2.75, 3.05) is 27.4 Å². The molecule has 0 bridgehead atoms. The van der Waals surface area contributed by atoms with Gasteiger partial charge >= 0.3 is 0 Å². The van der Waals surface area contributed by atoms with E-state index in [9.17, 15) is 0 Å². The Balaban J connectivity index is 0.000000500. The average Bonchev–Trinajstić information content (AvgIpc) is 2.56. The Bertz CT molecular complexity index is 202. The molecule has 1 aromatic rings. The van der Waals surface area contributed by atoms with Gasteiger partial charge in [0.15, 0.2) is 5.75 Å². The highest BCUT2D eigenvalue weighted by atomic mass is 32.1. The van der Waals surface area contributed by atoms with E-state index in [0.29, 0.717) is 13.2 Å². The number of thiophene rings is 1. The summed E-state index contributed by atoms with van der Waals surface area (Å²) >= 11 is 1.57. The fraction of sp³-hybridized carbons (Fsp3) is 0.600. The van der Waals surface area contributed by atoms with Crippen LogP contribution in [-0.4, -0.2) is 27.4 Å². The lowest BCUT2D eigenvalue weighted by atomic mass is 10.6. The largest absolute Gasteiger partial charge is 0.489 e. The maximum atomic E-state index is 5.32. The first-order valence-electron chi connectivity index (χ1n) is 4.53. The molecule has 0 aliphatic heterocycles. The molecule has 0 radical (unpaired) electrons. The number of hydrogen-bond donors (Lipinski definition) is 0. The molecule has 14 heavy (non-hydrogen) atoms. The minimum absolute atomic E-state index is 0.691. The predicted molar refractivity (Wildman–Crippen MR) is 59.6 cm³/mol. The Morgan fingerprint density at radius 3 is 2.21 bits per heavy atom. The maximum absolute atomic E-state index is 5.32. The lowest BCUT2D eigenvalue weighted by Crippen LogP contribution is -1.94. The second kappa shape index (κ2) is 8.84. The monoisotopic (exact) mass is 218 g/mol. The van der Waals surface area contributed by atoms with E-state index in [-0.39, 0.29) is 0 Å². The molecule has 0 spiro atoms. The number of ether oxygens (including phenoxy) is 3. The minimum Gasteiger partial charge on any atom is -0.489 e. The first kappa shape index (κ1) is 13.3. The van der Waals surface area contributed by atoms with E-state index in [2.05, 4.69) is 4.74 Å². The summed E-state index contributed by atoms with van der Waals surface area (Å²) < 4.78 is 14.9. The van der Waals surface area contributed by atoms with Crippen molar-refractivity contribution in [3.8, 4) is 10.8 Å². The van der Waals surface area contributed by atoms with Gasteiger partial charge in [0.05, 0.1) is 13.2 Å². The quantitative estimate of drug-likeness (QED) is 0.777. The molecule has 0 saturated carbocycles. The van der Waals surface area contributed by atoms with Crippen LogP contribution < -0.4 is 9.47 Å². The minimum atomic E-state index is 0.691. The SMILES string of the molecule is CCOc1ccsc1OCC.COC. The molecule has 3 nitrogen and oxygen atoms in total. The standard InChI is InChI=1S/C8H12O2S.C2H6O/c1-3-9-7-5-6-11-8(7)10-4-2;1-3-2/h5-6H,3-4H2,1-2H3;1-2H3. The van der Waals surface area contributed by atoms with Crippen molar-refractivity contribution in [3.63, 3.8) is 0 Å². The summed E-state index contributed by atoms with van der Waals surface area (Å²) in [4.78, 5) is 0. The fourth-order valence-corrected chi connectivity index (χ4v) is 1.53. The molecule has 0 unspecified atom stereocenters. The number of hydrogen-bond acceptors (Lipinski definition) is 4. The highest BCUT2D eigenvalue weighted by molar-refractivity contribution is 7.12. The highest BCUT2D eigenvalue weighted by Gasteiger charge is 2.03. The van der Waals surface area contributed by atoms with Gasteiger partial charge in [0.1, 0.15) is 0 Å². The van der Waals surface area contributed by atoms with Crippen molar-refractivity contribution < 1.29 is 14.2 Å². The van der Waals surface area contributed by atoms with E-state index < -0.39 is 0 Å². The summed E-state index contributed by atoms with van der Waals surface area (Å²) in [6.45, 7) is 5.32. The van der Waals surface area contributed by atoms with Crippen LogP contribution in [0.1, 0.15) is 13.8 Å². The van der Waals surface area contributed by atoms with E-state index in [0.717, 1.165) is 10.8 Å². The zero-order chi connectivity index (χ0) is 10.8. The molecule has 0 atom stereocenters. The number of rotatable bonds is 4. The number of methoxy groups -OCH3 is 1. The second-order valence-corrected chi connectivity index (χ2v) is 3.23. The molecule has 1 heterocycles. The Kier molecular flexibility index (Phi) is 8.37. The van der Waals surface area contributed by atoms with Gasteiger partial charge < -0.3 is 14.2 Å². The first-order chi connectivity index (χ1) is 6.79. The first-order valence-corrected chi connectivity index (χ1v) is 5.41. The summed E-state index contributed by atoms with van der Waals surface area (Å²) in [6.07, 6.45) is 0. The molecular weight excluding hydrogens is 200 g/mol. The van der Waals surface area contributed by atoms with Gasteiger partial charge in [-0.3, -0.25) is 0 Å². The molecule has 0 fully saturated rings. The van der Waals surface area contributed by atoms with Gasteiger partial charge in [0.25, 0.3) is 0 Å². The molecule has 0 saturated heterocycles. The smallest absolute Gasteiger partial charge is 0.216 e. The molecule has 0 aromatic carbocycles. The van der Waals surface area contributed by atoms with Gasteiger partial charge in [0.2, 0.25) is 5.06 Å². The van der Waals surface area contributed by atoms with Gasteiger partial charge in [-0.1, -0.05) is 0 Å². The third-order valence-corrected chi connectivity index (χ3v) is 1.98. The highest BCUT2D eigenvalue weighted by Crippen LogP contribution is 2.33. The summed E-state index contributed by atoms with van der Waals surface area (Å²) in [5.41, 5.74) is 0. The molecular formula is C10H18O3S. The molecule has 1 aromatic heterocycles. The van der Waals surface area contributed by atoms with Gasteiger partial charge in [0, 0.05) is 14.2 Å². The molecule has 0 N–H and O–H groups in total. The third kappa shape index (κ3) is 5.09. The van der Waals surface area contributed by atoms with E-state index in [1.807, 2.05) is 25.3 Å². The summed E-state index contributed by atoms with van der Waals surface area (Å²) in [5, 5.41) is 2.85. The maximum Gasteiger partial charge on any atom is 0.216 e. The van der Waals surface area contributed by atoms with Crippen molar-refractivity contribution in [1.82, 2.24) is 0 Å². The lowest BCUT2D eigenvalue weighted by Gasteiger charge is -2.03. The molecule has 0 amide bonds. The van der Waals surface area contributed by atoms with Gasteiger partial charge in [-0.2, -0.15) is 0 Å². The Hall–Kier alpha value is -0.740. The van der Waals surface area contributed by atoms with E-state index >= 15 is 0 Å². The molecule has 0 aliphatic carbocycles. The van der Waals surface area contributed by atoms with Crippen LogP contribution in [0.4, 0.5) is 0 Å². The zero-order valence-corrected chi connectivity index (χ0v) is 10.0. The van der Waals surface area contributed by atoms with Crippen molar-refractivity contribution in [1.29, 1.82) is 0 Å². The van der Waals surface area contributed by atoms with Crippen molar-refractivity contribution in [2.45, 2.75) is 13.8 Å². The van der Waals surface area contributed by atoms with Gasteiger partial charge in [-0.05, 0) is 25.3 Å². The Labute approximate surface area is 89.6 Å². The summed E-state index contributed by atoms with van der Waals surface area (Å²) in [7, 11) is 3.25. The van der Waals surface area contributed by atoms with Crippen LogP contribution >= 0.6 is 11.3 Å². The van der Waals surface area contributed by atoms with Crippen LogP contribution in [0.25, 0.3) is 0 Å². The van der Waals surface area contributed by atoms with Gasteiger partial charge in [-0.15, -0.1) is 11.3 Å².